The van der Waals surface area contributed by atoms with E-state index in [1.807, 2.05) is 30.3 Å². The highest BCUT2D eigenvalue weighted by Crippen LogP contribution is 2.60. The molecular weight excluding hydrogens is 473 g/mol. The van der Waals surface area contributed by atoms with Crippen LogP contribution in [0.15, 0.2) is 47.0 Å². The van der Waals surface area contributed by atoms with Crippen molar-refractivity contribution in [1.82, 2.24) is 15.5 Å². The molecule has 2 aliphatic rings. The minimum absolute atomic E-state index is 0.0595. The predicted octanol–water partition coefficient (Wildman–Crippen LogP) is 5.73. The van der Waals surface area contributed by atoms with Crippen LogP contribution < -0.4 is 5.32 Å². The molecule has 3 aromatic rings. The summed E-state index contributed by atoms with van der Waals surface area (Å²) < 4.78 is 5.26. The highest BCUT2D eigenvalue weighted by Gasteiger charge is 2.59. The van der Waals surface area contributed by atoms with Crippen LogP contribution in [0.2, 0.25) is 10.0 Å². The van der Waals surface area contributed by atoms with Crippen LogP contribution in [0.3, 0.4) is 0 Å². The summed E-state index contributed by atoms with van der Waals surface area (Å²) in [4.78, 5) is 17.3. The average Bonchev–Trinajstić information content (AvgIpc) is 3.42. The van der Waals surface area contributed by atoms with E-state index in [-0.39, 0.29) is 47.5 Å². The molecule has 0 bridgehead atoms. The lowest BCUT2D eigenvalue weighted by molar-refractivity contribution is -0.131. The number of benzene rings is 2. The topological polar surface area (TPSA) is 88.2 Å². The van der Waals surface area contributed by atoms with Crippen molar-refractivity contribution in [2.24, 2.45) is 11.3 Å². The van der Waals surface area contributed by atoms with E-state index in [0.29, 0.717) is 21.5 Å². The van der Waals surface area contributed by atoms with Gasteiger partial charge in [0.05, 0.1) is 5.41 Å². The van der Waals surface area contributed by atoms with E-state index in [4.69, 9.17) is 27.7 Å². The number of carbonyl (C=O) groups is 1. The number of aliphatic hydroxyl groups is 1. The molecule has 2 heterocycles. The SMILES string of the molecule is CC[C@@]12CC[C@@H](c3ccc(-c4nc(CO)no4)cc3Cl)[C@H](c3ccc(Cl)cc3)[C@@H]1[C@@H](C)NC2=O. The number of rotatable bonds is 5. The Kier molecular flexibility index (Phi) is 6.17. The van der Waals surface area contributed by atoms with Gasteiger partial charge in [-0.1, -0.05) is 53.5 Å². The molecule has 6 nitrogen and oxygen atoms in total. The number of halogens is 2. The van der Waals surface area contributed by atoms with Gasteiger partial charge in [0.25, 0.3) is 5.89 Å². The molecule has 2 fully saturated rings. The van der Waals surface area contributed by atoms with E-state index >= 15 is 0 Å². The summed E-state index contributed by atoms with van der Waals surface area (Å²) >= 11 is 13.1. The van der Waals surface area contributed by atoms with E-state index in [1.54, 1.807) is 0 Å². The van der Waals surface area contributed by atoms with Crippen molar-refractivity contribution in [2.75, 3.05) is 0 Å². The van der Waals surface area contributed by atoms with Crippen LogP contribution in [0, 0.1) is 11.3 Å². The Labute approximate surface area is 208 Å². The van der Waals surface area contributed by atoms with Crippen LogP contribution in [0.4, 0.5) is 0 Å². The number of aromatic nitrogens is 2. The molecule has 2 N–H and O–H groups in total. The summed E-state index contributed by atoms with van der Waals surface area (Å²) in [6, 6.07) is 13.9. The quantitative estimate of drug-likeness (QED) is 0.467. The molecule has 34 heavy (non-hydrogen) atoms. The van der Waals surface area contributed by atoms with Crippen molar-refractivity contribution in [3.05, 3.63) is 69.5 Å². The van der Waals surface area contributed by atoms with Gasteiger partial charge in [0.2, 0.25) is 5.91 Å². The van der Waals surface area contributed by atoms with Crippen molar-refractivity contribution in [1.29, 1.82) is 0 Å². The summed E-state index contributed by atoms with van der Waals surface area (Å²) in [7, 11) is 0. The second-order valence-corrected chi connectivity index (χ2v) is 10.3. The number of nitrogens with zero attached hydrogens (tertiary/aromatic N) is 2. The summed E-state index contributed by atoms with van der Waals surface area (Å²) in [5.41, 5.74) is 2.54. The first-order valence-corrected chi connectivity index (χ1v) is 12.4. The highest BCUT2D eigenvalue weighted by atomic mass is 35.5. The summed E-state index contributed by atoms with van der Waals surface area (Å²) in [6.07, 6.45) is 2.48. The highest BCUT2D eigenvalue weighted by molar-refractivity contribution is 6.31. The third-order valence-corrected chi connectivity index (χ3v) is 8.43. The Morgan fingerprint density at radius 1 is 1.21 bits per heavy atom. The van der Waals surface area contributed by atoms with Gasteiger partial charge in [0, 0.05) is 27.6 Å². The van der Waals surface area contributed by atoms with Crippen molar-refractivity contribution in [2.45, 2.75) is 57.6 Å². The summed E-state index contributed by atoms with van der Waals surface area (Å²) in [5, 5.41) is 17.5. The van der Waals surface area contributed by atoms with Crippen LogP contribution >= 0.6 is 23.2 Å². The van der Waals surface area contributed by atoms with Crippen LogP contribution in [0.25, 0.3) is 11.5 Å². The maximum absolute atomic E-state index is 13.1. The number of hydrogen-bond acceptors (Lipinski definition) is 5. The van der Waals surface area contributed by atoms with Gasteiger partial charge >= 0.3 is 0 Å². The van der Waals surface area contributed by atoms with E-state index in [0.717, 1.165) is 24.8 Å². The van der Waals surface area contributed by atoms with Crippen molar-refractivity contribution < 1.29 is 14.4 Å². The fraction of sp³-hybridized carbons (Fsp3) is 0.423. The van der Waals surface area contributed by atoms with E-state index in [1.165, 1.54) is 5.56 Å². The Bertz CT molecular complexity index is 1210. The summed E-state index contributed by atoms with van der Waals surface area (Å²) in [6.45, 7) is 3.95. The fourth-order valence-corrected chi connectivity index (χ4v) is 6.74. The molecule has 1 aliphatic carbocycles. The molecule has 178 valence electrons. The largest absolute Gasteiger partial charge is 0.388 e. The molecule has 2 aromatic carbocycles. The molecule has 8 heteroatoms. The van der Waals surface area contributed by atoms with Gasteiger partial charge in [-0.25, -0.2) is 0 Å². The Hall–Kier alpha value is -2.41. The van der Waals surface area contributed by atoms with E-state index in [2.05, 4.69) is 41.4 Å². The van der Waals surface area contributed by atoms with Gasteiger partial charge in [-0.15, -0.1) is 0 Å². The zero-order chi connectivity index (χ0) is 24.0. The molecule has 5 atom stereocenters. The van der Waals surface area contributed by atoms with Gasteiger partial charge < -0.3 is 14.9 Å². The molecule has 1 saturated carbocycles. The Morgan fingerprint density at radius 3 is 2.62 bits per heavy atom. The second-order valence-electron chi connectivity index (χ2n) is 9.43. The number of carbonyl (C=O) groups excluding carboxylic acids is 1. The van der Waals surface area contributed by atoms with Gasteiger partial charge in [-0.2, -0.15) is 4.98 Å². The van der Waals surface area contributed by atoms with Crippen LogP contribution in [0.5, 0.6) is 0 Å². The third-order valence-electron chi connectivity index (χ3n) is 7.85. The van der Waals surface area contributed by atoms with Crippen LogP contribution in [0.1, 0.15) is 61.9 Å². The number of nitrogens with one attached hydrogen (secondary N) is 1. The molecule has 0 radical (unpaired) electrons. The Balaban J connectivity index is 1.58. The second kappa shape index (κ2) is 8.99. The fourth-order valence-electron chi connectivity index (χ4n) is 6.29. The first-order valence-electron chi connectivity index (χ1n) is 11.7. The first kappa shape index (κ1) is 23.3. The smallest absolute Gasteiger partial charge is 0.258 e. The first-order chi connectivity index (χ1) is 16.4. The van der Waals surface area contributed by atoms with E-state index < -0.39 is 0 Å². The Morgan fingerprint density at radius 2 is 1.97 bits per heavy atom. The van der Waals surface area contributed by atoms with Gasteiger partial charge in [-0.3, -0.25) is 4.79 Å². The third kappa shape index (κ3) is 3.72. The monoisotopic (exact) mass is 499 g/mol. The molecular formula is C26H27Cl2N3O3. The number of fused-ring (bicyclic) bond motifs is 1. The minimum Gasteiger partial charge on any atom is -0.388 e. The lowest BCUT2D eigenvalue weighted by Gasteiger charge is -2.47. The van der Waals surface area contributed by atoms with Gasteiger partial charge in [0.1, 0.15) is 6.61 Å². The van der Waals surface area contributed by atoms with Gasteiger partial charge in [-0.05, 0) is 73.4 Å². The maximum Gasteiger partial charge on any atom is 0.258 e. The van der Waals surface area contributed by atoms with E-state index in [9.17, 15) is 9.90 Å². The number of aliphatic hydroxyl groups excluding tert-OH is 1. The molecule has 1 saturated heterocycles. The summed E-state index contributed by atoms with van der Waals surface area (Å²) in [5.74, 6) is 1.10. The number of amides is 1. The molecule has 1 aliphatic heterocycles. The van der Waals surface area contributed by atoms with Crippen molar-refractivity contribution >= 4 is 29.1 Å². The minimum atomic E-state index is -0.378. The molecule has 0 spiro atoms. The zero-order valence-corrected chi connectivity index (χ0v) is 20.6. The standard InChI is InChI=1S/C26H27Cl2N3O3/c1-3-26-11-10-19(18-9-6-16(12-20(18)28)24-30-21(13-32)31-34-24)22(15-4-7-17(27)8-5-15)23(26)14(2)29-25(26)33/h4-9,12,14,19,22-23,32H,3,10-11,13H2,1-2H3,(H,29,33)/t14-,19+,22+,23+,26-/m1/s1. The molecule has 1 amide bonds. The van der Waals surface area contributed by atoms with Gasteiger partial charge in [0.15, 0.2) is 5.82 Å². The van der Waals surface area contributed by atoms with Crippen LogP contribution in [-0.2, 0) is 11.4 Å². The lowest BCUT2D eigenvalue weighted by atomic mass is 9.54. The number of hydrogen-bond donors (Lipinski definition) is 2. The average molecular weight is 500 g/mol. The maximum atomic E-state index is 13.1. The normalized spacial score (nSPS) is 28.6. The molecule has 5 rings (SSSR count). The predicted molar refractivity (Wildman–Crippen MR) is 131 cm³/mol. The molecule has 0 unspecified atom stereocenters. The van der Waals surface area contributed by atoms with Crippen LogP contribution in [-0.4, -0.2) is 27.2 Å². The lowest BCUT2D eigenvalue weighted by Crippen LogP contribution is -2.43. The van der Waals surface area contributed by atoms with Crippen molar-refractivity contribution in [3.63, 3.8) is 0 Å². The molecule has 1 aromatic heterocycles. The zero-order valence-electron chi connectivity index (χ0n) is 19.1. The van der Waals surface area contributed by atoms with Crippen molar-refractivity contribution in [3.8, 4) is 11.5 Å².